The van der Waals surface area contributed by atoms with Crippen molar-refractivity contribution in [1.82, 2.24) is 10.2 Å². The van der Waals surface area contributed by atoms with E-state index in [1.807, 2.05) is 12.1 Å². The SMILES string of the molecule is CCNC(=NCc1cc(OC)c(OC)c(OC)c1)N1CCN(c2cccs2)CC1.I. The van der Waals surface area contributed by atoms with E-state index in [9.17, 15) is 0 Å². The predicted molar refractivity (Wildman–Crippen MR) is 134 cm³/mol. The van der Waals surface area contributed by atoms with Crippen LogP contribution in [0.25, 0.3) is 0 Å². The van der Waals surface area contributed by atoms with Crippen molar-refractivity contribution in [2.24, 2.45) is 4.99 Å². The van der Waals surface area contributed by atoms with Crippen LogP contribution in [0.15, 0.2) is 34.6 Å². The number of halogens is 1. The molecule has 1 aromatic heterocycles. The van der Waals surface area contributed by atoms with Gasteiger partial charge in [0.05, 0.1) is 32.9 Å². The van der Waals surface area contributed by atoms with Crippen molar-refractivity contribution in [3.63, 3.8) is 0 Å². The first-order valence-corrected chi connectivity index (χ1v) is 10.7. The zero-order valence-corrected chi connectivity index (χ0v) is 21.2. The minimum Gasteiger partial charge on any atom is -0.493 e. The molecule has 1 aliphatic heterocycles. The maximum Gasteiger partial charge on any atom is 0.203 e. The van der Waals surface area contributed by atoms with Gasteiger partial charge in [-0.2, -0.15) is 0 Å². The predicted octanol–water partition coefficient (Wildman–Crippen LogP) is 3.68. The van der Waals surface area contributed by atoms with Gasteiger partial charge in [0.15, 0.2) is 17.5 Å². The van der Waals surface area contributed by atoms with Crippen LogP contribution in [0.3, 0.4) is 0 Å². The van der Waals surface area contributed by atoms with Crippen LogP contribution in [0.2, 0.25) is 0 Å². The maximum atomic E-state index is 5.45. The van der Waals surface area contributed by atoms with Crippen molar-refractivity contribution < 1.29 is 14.2 Å². The first-order valence-electron chi connectivity index (χ1n) is 9.80. The number of anilines is 1. The van der Waals surface area contributed by atoms with E-state index in [-0.39, 0.29) is 24.0 Å². The molecule has 1 aromatic carbocycles. The summed E-state index contributed by atoms with van der Waals surface area (Å²) in [4.78, 5) is 9.62. The van der Waals surface area contributed by atoms with Crippen LogP contribution < -0.4 is 24.4 Å². The molecule has 1 aliphatic rings. The smallest absolute Gasteiger partial charge is 0.203 e. The van der Waals surface area contributed by atoms with Gasteiger partial charge in [0.25, 0.3) is 0 Å². The summed E-state index contributed by atoms with van der Waals surface area (Å²) < 4.78 is 16.3. The summed E-state index contributed by atoms with van der Waals surface area (Å²) in [7, 11) is 4.86. The summed E-state index contributed by atoms with van der Waals surface area (Å²) >= 11 is 1.79. The highest BCUT2D eigenvalue weighted by atomic mass is 127. The highest BCUT2D eigenvalue weighted by Gasteiger charge is 2.20. The Labute approximate surface area is 200 Å². The van der Waals surface area contributed by atoms with Gasteiger partial charge in [-0.1, -0.05) is 0 Å². The van der Waals surface area contributed by atoms with Gasteiger partial charge >= 0.3 is 0 Å². The lowest BCUT2D eigenvalue weighted by Crippen LogP contribution is -2.52. The lowest BCUT2D eigenvalue weighted by molar-refractivity contribution is 0.324. The van der Waals surface area contributed by atoms with Gasteiger partial charge < -0.3 is 29.3 Å². The Bertz CT molecular complexity index is 784. The lowest BCUT2D eigenvalue weighted by atomic mass is 10.2. The normalized spacial score (nSPS) is 14.2. The zero-order valence-electron chi connectivity index (χ0n) is 18.0. The molecule has 9 heteroatoms. The molecule has 166 valence electrons. The Morgan fingerprint density at radius 1 is 1.07 bits per heavy atom. The quantitative estimate of drug-likeness (QED) is 0.325. The van der Waals surface area contributed by atoms with Crippen LogP contribution in [-0.4, -0.2) is 64.9 Å². The molecule has 2 heterocycles. The topological polar surface area (TPSA) is 58.6 Å². The fourth-order valence-corrected chi connectivity index (χ4v) is 4.19. The average molecular weight is 546 g/mol. The molecule has 7 nitrogen and oxygen atoms in total. The van der Waals surface area contributed by atoms with Gasteiger partial charge in [-0.15, -0.1) is 35.3 Å². The molecule has 0 radical (unpaired) electrons. The molecular weight excluding hydrogens is 515 g/mol. The second-order valence-corrected chi connectivity index (χ2v) is 7.56. The molecule has 1 saturated heterocycles. The van der Waals surface area contributed by atoms with E-state index in [4.69, 9.17) is 19.2 Å². The molecule has 0 atom stereocenters. The number of benzene rings is 1. The molecule has 30 heavy (non-hydrogen) atoms. The molecule has 0 bridgehead atoms. The summed E-state index contributed by atoms with van der Waals surface area (Å²) in [5.74, 6) is 2.82. The molecule has 0 spiro atoms. The van der Waals surface area contributed by atoms with E-state index in [0.29, 0.717) is 23.8 Å². The number of ether oxygens (including phenoxy) is 3. The number of guanidine groups is 1. The molecule has 1 fully saturated rings. The molecule has 1 N–H and O–H groups in total. The summed E-state index contributed by atoms with van der Waals surface area (Å²) in [6, 6.07) is 8.19. The van der Waals surface area contributed by atoms with E-state index in [1.165, 1.54) is 5.00 Å². The van der Waals surface area contributed by atoms with Gasteiger partial charge in [0.2, 0.25) is 5.75 Å². The van der Waals surface area contributed by atoms with Crippen molar-refractivity contribution in [2.45, 2.75) is 13.5 Å². The summed E-state index contributed by atoms with van der Waals surface area (Å²) in [5, 5.41) is 6.89. The van der Waals surface area contributed by atoms with Crippen LogP contribution in [0, 0.1) is 0 Å². The van der Waals surface area contributed by atoms with Crippen LogP contribution in [0.4, 0.5) is 5.00 Å². The number of nitrogens with zero attached hydrogens (tertiary/aromatic N) is 3. The molecule has 0 amide bonds. The van der Waals surface area contributed by atoms with Crippen molar-refractivity contribution in [1.29, 1.82) is 0 Å². The summed E-state index contributed by atoms with van der Waals surface area (Å²) in [6.45, 7) is 7.34. The van der Waals surface area contributed by atoms with E-state index in [1.54, 1.807) is 32.7 Å². The van der Waals surface area contributed by atoms with E-state index in [0.717, 1.165) is 44.2 Å². The molecule has 0 unspecified atom stereocenters. The number of rotatable bonds is 7. The van der Waals surface area contributed by atoms with Gasteiger partial charge in [-0.05, 0) is 42.1 Å². The zero-order chi connectivity index (χ0) is 20.6. The summed E-state index contributed by atoms with van der Waals surface area (Å²) in [6.07, 6.45) is 0. The molecule has 0 aliphatic carbocycles. The van der Waals surface area contributed by atoms with Gasteiger partial charge in [0.1, 0.15) is 0 Å². The molecule has 0 saturated carbocycles. The highest BCUT2D eigenvalue weighted by molar-refractivity contribution is 14.0. The Hall–Kier alpha value is -1.88. The van der Waals surface area contributed by atoms with Crippen molar-refractivity contribution in [3.8, 4) is 17.2 Å². The van der Waals surface area contributed by atoms with E-state index in [2.05, 4.69) is 39.6 Å². The second kappa shape index (κ2) is 12.1. The fraction of sp³-hybridized carbons (Fsp3) is 0.476. The van der Waals surface area contributed by atoms with Crippen LogP contribution in [0.5, 0.6) is 17.2 Å². The third-order valence-electron chi connectivity index (χ3n) is 4.87. The van der Waals surface area contributed by atoms with Crippen molar-refractivity contribution >= 4 is 46.3 Å². The number of hydrogen-bond donors (Lipinski definition) is 1. The third kappa shape index (κ3) is 5.84. The first kappa shape index (κ1) is 24.4. The Balaban J connectivity index is 0.00000320. The number of thiophene rings is 1. The lowest BCUT2D eigenvalue weighted by Gasteiger charge is -2.37. The monoisotopic (exact) mass is 546 g/mol. The standard InChI is InChI=1S/C21H30N4O3S.HI/c1-5-22-21(25-10-8-24(9-11-25)19-7-6-12-29-19)23-15-16-13-17(26-2)20(28-4)18(14-16)27-3;/h6-7,12-14H,5,8-11,15H2,1-4H3,(H,22,23);1H. The Morgan fingerprint density at radius 3 is 2.23 bits per heavy atom. The fourth-order valence-electron chi connectivity index (χ4n) is 3.41. The van der Waals surface area contributed by atoms with E-state index >= 15 is 0 Å². The maximum absolute atomic E-state index is 5.45. The second-order valence-electron chi connectivity index (χ2n) is 6.63. The molecular formula is C21H31IN4O3S. The Kier molecular flexibility index (Phi) is 9.83. The number of piperazine rings is 1. The van der Waals surface area contributed by atoms with Crippen LogP contribution in [0.1, 0.15) is 12.5 Å². The molecule has 3 rings (SSSR count). The van der Waals surface area contributed by atoms with Gasteiger partial charge in [-0.3, -0.25) is 0 Å². The first-order chi connectivity index (χ1) is 14.2. The van der Waals surface area contributed by atoms with E-state index < -0.39 is 0 Å². The number of hydrogen-bond acceptors (Lipinski definition) is 6. The van der Waals surface area contributed by atoms with Crippen molar-refractivity contribution in [2.75, 3.05) is 59.0 Å². The highest BCUT2D eigenvalue weighted by Crippen LogP contribution is 2.38. The van der Waals surface area contributed by atoms with Crippen LogP contribution in [-0.2, 0) is 6.54 Å². The van der Waals surface area contributed by atoms with Gasteiger partial charge in [-0.25, -0.2) is 4.99 Å². The minimum absolute atomic E-state index is 0. The molecule has 2 aromatic rings. The Morgan fingerprint density at radius 2 is 1.73 bits per heavy atom. The van der Waals surface area contributed by atoms with Crippen LogP contribution >= 0.6 is 35.3 Å². The van der Waals surface area contributed by atoms with Gasteiger partial charge in [0, 0.05) is 32.7 Å². The third-order valence-corrected chi connectivity index (χ3v) is 5.80. The largest absolute Gasteiger partial charge is 0.493 e. The van der Waals surface area contributed by atoms with Crippen molar-refractivity contribution in [3.05, 3.63) is 35.2 Å². The summed E-state index contributed by atoms with van der Waals surface area (Å²) in [5.41, 5.74) is 1.01. The minimum atomic E-state index is 0. The number of aliphatic imine (C=N–C) groups is 1. The average Bonchev–Trinajstić information content (AvgIpc) is 3.31. The number of nitrogens with one attached hydrogen (secondary N) is 1. The number of methoxy groups -OCH3 is 3.